The van der Waals surface area contributed by atoms with E-state index in [2.05, 4.69) is 22.1 Å². The first-order chi connectivity index (χ1) is 18.0. The fourth-order valence-corrected chi connectivity index (χ4v) is 5.88. The van der Waals surface area contributed by atoms with E-state index in [9.17, 15) is 9.59 Å². The first-order valence-electron chi connectivity index (χ1n) is 13.0. The quantitative estimate of drug-likeness (QED) is 0.440. The van der Waals surface area contributed by atoms with Crippen molar-refractivity contribution in [3.63, 3.8) is 0 Å². The maximum Gasteiger partial charge on any atom is 0.343 e. The topological polar surface area (TPSA) is 77.4 Å². The molecule has 1 saturated carbocycles. The van der Waals surface area contributed by atoms with Crippen LogP contribution in [-0.2, 0) is 4.74 Å². The van der Waals surface area contributed by atoms with E-state index in [-0.39, 0.29) is 29.5 Å². The van der Waals surface area contributed by atoms with Crippen LogP contribution in [0.1, 0.15) is 54.9 Å². The second-order valence-electron chi connectivity index (χ2n) is 10.4. The standard InChI is InChI=1S/C29H32FN3O4/c1-4-7-18(8-5-2)17-37-29(35)22-15-33(20-10-11-20)25-21(27(22)34)13-23(30)26(28(25)36-3)32-14-19-9-6-12-31-24(19)16-32/h1-2,13,15,18-20,24,31H,6-12,14,16-17H2,3H3/p+1. The number of hydrogen-bond acceptors (Lipinski definition) is 5. The van der Waals surface area contributed by atoms with Crippen LogP contribution in [0.3, 0.4) is 0 Å². The number of pyridine rings is 1. The van der Waals surface area contributed by atoms with Crippen LogP contribution in [0.5, 0.6) is 5.75 Å². The molecule has 5 rings (SSSR count). The second kappa shape index (κ2) is 10.5. The molecule has 3 fully saturated rings. The number of methoxy groups -OCH3 is 1. The lowest BCUT2D eigenvalue weighted by Gasteiger charge is -2.24. The Kier molecular flexibility index (Phi) is 7.13. The molecule has 2 saturated heterocycles. The van der Waals surface area contributed by atoms with Crippen molar-refractivity contribution < 1.29 is 24.0 Å². The highest BCUT2D eigenvalue weighted by Gasteiger charge is 2.40. The van der Waals surface area contributed by atoms with Gasteiger partial charge in [0.2, 0.25) is 5.43 Å². The lowest BCUT2D eigenvalue weighted by molar-refractivity contribution is -0.699. The molecule has 1 aromatic carbocycles. The average Bonchev–Trinajstić information content (AvgIpc) is 3.65. The molecule has 1 aliphatic carbocycles. The van der Waals surface area contributed by atoms with E-state index in [0.29, 0.717) is 41.8 Å². The van der Waals surface area contributed by atoms with Gasteiger partial charge in [0.05, 0.1) is 37.7 Å². The van der Waals surface area contributed by atoms with E-state index in [4.69, 9.17) is 22.3 Å². The molecule has 2 aliphatic heterocycles. The minimum absolute atomic E-state index is 0.0130. The highest BCUT2D eigenvalue weighted by molar-refractivity contribution is 5.97. The van der Waals surface area contributed by atoms with Crippen LogP contribution >= 0.6 is 0 Å². The number of halogens is 1. The zero-order valence-electron chi connectivity index (χ0n) is 21.2. The zero-order chi connectivity index (χ0) is 26.1. The summed E-state index contributed by atoms with van der Waals surface area (Å²) in [5.74, 6) is 4.45. The van der Waals surface area contributed by atoms with Gasteiger partial charge in [0.1, 0.15) is 17.3 Å². The Morgan fingerprint density at radius 1 is 1.24 bits per heavy atom. The number of nitrogens with zero attached hydrogens (tertiary/aromatic N) is 2. The van der Waals surface area contributed by atoms with E-state index in [1.165, 1.54) is 19.6 Å². The zero-order valence-corrected chi connectivity index (χ0v) is 21.2. The van der Waals surface area contributed by atoms with Gasteiger partial charge < -0.3 is 24.3 Å². The summed E-state index contributed by atoms with van der Waals surface area (Å²) >= 11 is 0. The predicted molar refractivity (Wildman–Crippen MR) is 139 cm³/mol. The summed E-state index contributed by atoms with van der Waals surface area (Å²) in [7, 11) is 1.51. The normalized spacial score (nSPS) is 20.9. The number of anilines is 1. The predicted octanol–water partition coefficient (Wildman–Crippen LogP) is 2.47. The Labute approximate surface area is 216 Å². The molecule has 2 atom stereocenters. The molecular weight excluding hydrogens is 473 g/mol. The number of quaternary nitrogens is 1. The molecule has 3 aliphatic rings. The number of carbonyl (C=O) groups excluding carboxylic acids is 1. The van der Waals surface area contributed by atoms with Crippen molar-refractivity contribution in [2.24, 2.45) is 11.8 Å². The van der Waals surface area contributed by atoms with Crippen LogP contribution in [0.4, 0.5) is 10.1 Å². The summed E-state index contributed by atoms with van der Waals surface area (Å²) in [6.07, 6.45) is 17.2. The molecule has 37 heavy (non-hydrogen) atoms. The van der Waals surface area contributed by atoms with Crippen molar-refractivity contribution in [1.29, 1.82) is 0 Å². The number of piperidine rings is 1. The lowest BCUT2D eigenvalue weighted by atomic mass is 9.94. The molecule has 8 heteroatoms. The van der Waals surface area contributed by atoms with E-state index >= 15 is 4.39 Å². The van der Waals surface area contributed by atoms with Crippen molar-refractivity contribution in [3.05, 3.63) is 33.9 Å². The van der Waals surface area contributed by atoms with E-state index in [1.807, 2.05) is 4.57 Å². The molecule has 7 nitrogen and oxygen atoms in total. The fraction of sp³-hybridized carbons (Fsp3) is 0.517. The van der Waals surface area contributed by atoms with Crippen molar-refractivity contribution in [2.45, 2.75) is 50.6 Å². The molecule has 2 aromatic rings. The van der Waals surface area contributed by atoms with Gasteiger partial charge in [-0.15, -0.1) is 24.7 Å². The third-order valence-electron chi connectivity index (χ3n) is 7.88. The van der Waals surface area contributed by atoms with Crippen molar-refractivity contribution in [1.82, 2.24) is 4.57 Å². The number of nitrogens with two attached hydrogens (primary N) is 1. The van der Waals surface area contributed by atoms with E-state index < -0.39 is 17.2 Å². The highest BCUT2D eigenvalue weighted by Crippen LogP contribution is 2.44. The number of aromatic nitrogens is 1. The molecule has 0 radical (unpaired) electrons. The van der Waals surface area contributed by atoms with Gasteiger partial charge in [-0.2, -0.15) is 0 Å². The van der Waals surface area contributed by atoms with Gasteiger partial charge in [-0.3, -0.25) is 4.79 Å². The highest BCUT2D eigenvalue weighted by atomic mass is 19.1. The smallest absolute Gasteiger partial charge is 0.343 e. The summed E-state index contributed by atoms with van der Waals surface area (Å²) in [6.45, 7) is 2.60. The largest absolute Gasteiger partial charge is 0.492 e. The fourth-order valence-electron chi connectivity index (χ4n) is 5.88. The Morgan fingerprint density at radius 3 is 2.65 bits per heavy atom. The van der Waals surface area contributed by atoms with E-state index in [1.54, 1.807) is 6.20 Å². The van der Waals surface area contributed by atoms with Crippen molar-refractivity contribution in [2.75, 3.05) is 38.3 Å². The third kappa shape index (κ3) is 4.79. The Morgan fingerprint density at radius 2 is 2.00 bits per heavy atom. The number of hydrogen-bond donors (Lipinski definition) is 1. The van der Waals surface area contributed by atoms with Crippen LogP contribution < -0.4 is 20.4 Å². The maximum absolute atomic E-state index is 15.7. The van der Waals surface area contributed by atoms with Gasteiger partial charge in [-0.25, -0.2) is 9.18 Å². The molecule has 2 N–H and O–H groups in total. The average molecular weight is 507 g/mol. The SMILES string of the molecule is C#CCC(CC#C)COC(=O)c1cn(C2CC2)c2c(OC)c(N3CC4CCC[NH2+]C4C3)c(F)cc2c1=O. The van der Waals surface area contributed by atoms with Gasteiger partial charge in [0, 0.05) is 43.5 Å². The number of esters is 1. The van der Waals surface area contributed by atoms with Gasteiger partial charge in [-0.1, -0.05) is 0 Å². The number of terminal acetylenes is 2. The summed E-state index contributed by atoms with van der Waals surface area (Å²) in [6, 6.07) is 1.80. The van der Waals surface area contributed by atoms with Crippen molar-refractivity contribution >= 4 is 22.6 Å². The monoisotopic (exact) mass is 506 g/mol. The lowest BCUT2D eigenvalue weighted by Crippen LogP contribution is -2.93. The maximum atomic E-state index is 15.7. The van der Waals surface area contributed by atoms with Crippen LogP contribution in [-0.4, -0.2) is 49.9 Å². The molecule has 2 unspecified atom stereocenters. The first kappa shape index (κ1) is 25.2. The van der Waals surface area contributed by atoms with Gasteiger partial charge in [0.25, 0.3) is 0 Å². The molecule has 0 amide bonds. The van der Waals surface area contributed by atoms with E-state index in [0.717, 1.165) is 38.9 Å². The number of carbonyl (C=O) groups is 1. The summed E-state index contributed by atoms with van der Waals surface area (Å²) < 4.78 is 28.9. The van der Waals surface area contributed by atoms with Crippen LogP contribution in [0, 0.1) is 42.3 Å². The summed E-state index contributed by atoms with van der Waals surface area (Å²) in [5.41, 5.74) is 0.220. The minimum Gasteiger partial charge on any atom is -0.492 e. The molecule has 1 aromatic heterocycles. The molecule has 3 heterocycles. The van der Waals surface area contributed by atoms with Gasteiger partial charge in [-0.05, 0) is 31.7 Å². The molecule has 0 bridgehead atoms. The van der Waals surface area contributed by atoms with Gasteiger partial charge >= 0.3 is 5.97 Å². The minimum atomic E-state index is -0.761. The van der Waals surface area contributed by atoms with Crippen LogP contribution in [0.25, 0.3) is 10.9 Å². The number of rotatable bonds is 8. The molecule has 194 valence electrons. The number of benzene rings is 1. The van der Waals surface area contributed by atoms with Crippen LogP contribution in [0.2, 0.25) is 0 Å². The number of ether oxygens (including phenoxy) is 2. The Balaban J connectivity index is 1.55. The second-order valence-corrected chi connectivity index (χ2v) is 10.4. The first-order valence-corrected chi connectivity index (χ1v) is 13.0. The Bertz CT molecular complexity index is 1320. The van der Waals surface area contributed by atoms with Crippen LogP contribution in [0.15, 0.2) is 17.1 Å². The molecule has 0 spiro atoms. The third-order valence-corrected chi connectivity index (χ3v) is 7.88. The Hall–Kier alpha value is -3.49. The number of fused-ring (bicyclic) bond motifs is 2. The molecular formula is C29H33FN3O4+. The summed E-state index contributed by atoms with van der Waals surface area (Å²) in [5, 5.41) is 2.47. The van der Waals surface area contributed by atoms with Gasteiger partial charge in [0.15, 0.2) is 11.6 Å². The van der Waals surface area contributed by atoms with Crippen molar-refractivity contribution in [3.8, 4) is 30.4 Å². The summed E-state index contributed by atoms with van der Waals surface area (Å²) in [4.78, 5) is 28.6.